The summed E-state index contributed by atoms with van der Waals surface area (Å²) in [5, 5.41) is 0. The minimum atomic E-state index is -0.741. The first kappa shape index (κ1) is 17.3. The summed E-state index contributed by atoms with van der Waals surface area (Å²) in [6, 6.07) is 4.01. The molecule has 0 aromatic heterocycles. The van der Waals surface area contributed by atoms with Gasteiger partial charge in [0.15, 0.2) is 0 Å². The topological polar surface area (TPSA) is 70.2 Å². The highest BCUT2D eigenvalue weighted by Crippen LogP contribution is 2.26. The summed E-state index contributed by atoms with van der Waals surface area (Å²) in [5.41, 5.74) is 0.419. The maximum atomic E-state index is 13.1. The molecule has 4 amide bonds. The van der Waals surface area contributed by atoms with E-state index in [2.05, 4.69) is 0 Å². The number of imide groups is 1. The van der Waals surface area contributed by atoms with Crippen LogP contribution in [-0.2, 0) is 14.3 Å². The Balaban J connectivity index is 1.74. The third kappa shape index (κ3) is 3.34. The first-order valence-corrected chi connectivity index (χ1v) is 8.18. The number of carbonyl (C=O) groups excluding carboxylic acids is 3. The van der Waals surface area contributed by atoms with Gasteiger partial charge in [-0.15, -0.1) is 0 Å². The predicted molar refractivity (Wildman–Crippen MR) is 87.4 cm³/mol. The van der Waals surface area contributed by atoms with Gasteiger partial charge in [0.25, 0.3) is 5.91 Å². The quantitative estimate of drug-likeness (QED) is 0.770. The molecule has 1 aromatic rings. The van der Waals surface area contributed by atoms with Gasteiger partial charge in [0, 0.05) is 18.8 Å². The van der Waals surface area contributed by atoms with Crippen molar-refractivity contribution >= 4 is 23.5 Å². The van der Waals surface area contributed by atoms with Crippen molar-refractivity contribution in [2.24, 2.45) is 0 Å². The molecule has 3 rings (SSSR count). The number of ether oxygens (including phenoxy) is 1. The van der Waals surface area contributed by atoms with Crippen LogP contribution in [0.5, 0.6) is 0 Å². The summed E-state index contributed by atoms with van der Waals surface area (Å²) >= 11 is 0. The van der Waals surface area contributed by atoms with E-state index in [1.165, 1.54) is 29.2 Å². The number of hydrogen-bond acceptors (Lipinski definition) is 4. The summed E-state index contributed by atoms with van der Waals surface area (Å²) in [6.07, 6.45) is -0.0719. The highest BCUT2D eigenvalue weighted by Gasteiger charge is 2.44. The van der Waals surface area contributed by atoms with Crippen molar-refractivity contribution in [1.82, 2.24) is 9.80 Å². The average Bonchev–Trinajstić information content (AvgIpc) is 2.79. The molecule has 0 radical (unpaired) electrons. The molecular formula is C17H20FN3O4. The zero-order valence-corrected chi connectivity index (χ0v) is 14.1. The van der Waals surface area contributed by atoms with Gasteiger partial charge in [-0.25, -0.2) is 9.18 Å². The maximum absolute atomic E-state index is 13.1. The van der Waals surface area contributed by atoms with E-state index in [1.54, 1.807) is 11.8 Å². The minimum Gasteiger partial charge on any atom is -0.375 e. The molecule has 7 nitrogen and oxygen atoms in total. The van der Waals surface area contributed by atoms with Crippen LogP contribution in [0, 0.1) is 5.82 Å². The Hall–Kier alpha value is -2.48. The molecule has 2 aliphatic heterocycles. The van der Waals surface area contributed by atoms with Gasteiger partial charge in [0.1, 0.15) is 18.4 Å². The van der Waals surface area contributed by atoms with Crippen LogP contribution in [0.1, 0.15) is 13.8 Å². The van der Waals surface area contributed by atoms with Crippen LogP contribution in [0.25, 0.3) is 0 Å². The van der Waals surface area contributed by atoms with Gasteiger partial charge in [0.05, 0.1) is 12.7 Å². The highest BCUT2D eigenvalue weighted by atomic mass is 19.1. The molecule has 0 saturated carbocycles. The Morgan fingerprint density at radius 2 is 1.92 bits per heavy atom. The molecule has 1 aromatic carbocycles. The molecule has 0 aliphatic carbocycles. The predicted octanol–water partition coefficient (Wildman–Crippen LogP) is 1.23. The number of amides is 4. The molecule has 25 heavy (non-hydrogen) atoms. The van der Waals surface area contributed by atoms with E-state index in [-0.39, 0.29) is 18.6 Å². The van der Waals surface area contributed by atoms with Crippen molar-refractivity contribution in [2.75, 3.05) is 31.1 Å². The number of hydrogen-bond donors (Lipinski definition) is 0. The third-order valence-electron chi connectivity index (χ3n) is 4.44. The second-order valence-electron chi connectivity index (χ2n) is 6.25. The van der Waals surface area contributed by atoms with Crippen molar-refractivity contribution in [3.63, 3.8) is 0 Å². The smallest absolute Gasteiger partial charge is 0.332 e. The summed E-state index contributed by atoms with van der Waals surface area (Å²) in [6.45, 7) is 4.47. The monoisotopic (exact) mass is 349 g/mol. The average molecular weight is 349 g/mol. The number of halogens is 1. The molecule has 2 heterocycles. The van der Waals surface area contributed by atoms with Crippen LogP contribution in [0.3, 0.4) is 0 Å². The lowest BCUT2D eigenvalue weighted by Crippen LogP contribution is -2.49. The number of rotatable bonds is 3. The summed E-state index contributed by atoms with van der Waals surface area (Å²) in [4.78, 5) is 41.3. The van der Waals surface area contributed by atoms with Crippen LogP contribution < -0.4 is 4.90 Å². The van der Waals surface area contributed by atoms with Crippen molar-refractivity contribution < 1.29 is 23.5 Å². The Morgan fingerprint density at radius 3 is 2.56 bits per heavy atom. The molecular weight excluding hydrogens is 329 g/mol. The van der Waals surface area contributed by atoms with Gasteiger partial charge in [-0.05, 0) is 38.1 Å². The van der Waals surface area contributed by atoms with Crippen molar-refractivity contribution in [3.05, 3.63) is 30.1 Å². The number of morpholine rings is 1. The van der Waals surface area contributed by atoms with Crippen LogP contribution in [-0.4, -0.2) is 66.0 Å². The van der Waals surface area contributed by atoms with E-state index < -0.39 is 23.8 Å². The van der Waals surface area contributed by atoms with Crippen molar-refractivity contribution in [2.45, 2.75) is 26.0 Å². The highest BCUT2D eigenvalue weighted by molar-refractivity contribution is 6.15. The van der Waals surface area contributed by atoms with Gasteiger partial charge in [-0.2, -0.15) is 0 Å². The fourth-order valence-electron chi connectivity index (χ4n) is 3.09. The van der Waals surface area contributed by atoms with E-state index in [9.17, 15) is 18.8 Å². The van der Waals surface area contributed by atoms with Crippen molar-refractivity contribution in [3.8, 4) is 0 Å². The zero-order valence-electron chi connectivity index (χ0n) is 14.1. The summed E-state index contributed by atoms with van der Waals surface area (Å²) in [7, 11) is 0. The Morgan fingerprint density at radius 1 is 1.24 bits per heavy atom. The largest absolute Gasteiger partial charge is 0.375 e. The van der Waals surface area contributed by atoms with Gasteiger partial charge in [0.2, 0.25) is 5.91 Å². The first-order chi connectivity index (χ1) is 11.9. The van der Waals surface area contributed by atoms with Crippen LogP contribution in [0.4, 0.5) is 14.9 Å². The van der Waals surface area contributed by atoms with Gasteiger partial charge in [-0.3, -0.25) is 19.4 Å². The zero-order chi connectivity index (χ0) is 18.1. The molecule has 2 saturated heterocycles. The lowest BCUT2D eigenvalue weighted by atomic mass is 10.2. The second kappa shape index (κ2) is 6.79. The summed E-state index contributed by atoms with van der Waals surface area (Å²) < 4.78 is 18.5. The molecule has 134 valence electrons. The van der Waals surface area contributed by atoms with E-state index in [0.29, 0.717) is 25.4 Å². The molecule has 2 atom stereocenters. The molecule has 0 spiro atoms. The van der Waals surface area contributed by atoms with Crippen molar-refractivity contribution in [1.29, 1.82) is 0 Å². The van der Waals surface area contributed by atoms with E-state index in [0.717, 1.165) is 4.90 Å². The number of carbonyl (C=O) groups is 3. The van der Waals surface area contributed by atoms with Gasteiger partial charge >= 0.3 is 6.03 Å². The molecule has 2 fully saturated rings. The Kier molecular flexibility index (Phi) is 4.71. The standard InChI is InChI=1S/C17H20FN3O4/c1-11-9-19(7-8-25-11)15(22)10-20-16(23)12(2)21(17(20)24)14-5-3-13(18)4-6-14/h3-6,11-12H,7-10H2,1-2H3/t11-,12+/m1/s1. The van der Waals surface area contributed by atoms with Crippen LogP contribution in [0.15, 0.2) is 24.3 Å². The Labute approximate surface area is 144 Å². The molecule has 0 N–H and O–H groups in total. The number of benzene rings is 1. The summed E-state index contributed by atoms with van der Waals surface area (Å²) in [5.74, 6) is -1.16. The minimum absolute atomic E-state index is 0.0719. The van der Waals surface area contributed by atoms with Gasteiger partial charge in [-0.1, -0.05) is 0 Å². The van der Waals surface area contributed by atoms with Crippen LogP contribution in [0.2, 0.25) is 0 Å². The third-order valence-corrected chi connectivity index (χ3v) is 4.44. The number of urea groups is 1. The SMILES string of the molecule is C[C@@H]1CN(C(=O)CN2C(=O)[C@H](C)N(c3ccc(F)cc3)C2=O)CCO1. The lowest BCUT2D eigenvalue weighted by molar-refractivity contribution is -0.142. The van der Waals surface area contributed by atoms with Gasteiger partial charge < -0.3 is 9.64 Å². The first-order valence-electron chi connectivity index (χ1n) is 8.18. The second-order valence-corrected chi connectivity index (χ2v) is 6.25. The fraction of sp³-hybridized carbons (Fsp3) is 0.471. The fourth-order valence-corrected chi connectivity index (χ4v) is 3.09. The van der Waals surface area contributed by atoms with E-state index >= 15 is 0 Å². The van der Waals surface area contributed by atoms with E-state index in [1.807, 2.05) is 6.92 Å². The number of anilines is 1. The Bertz CT molecular complexity index is 694. The molecule has 8 heteroatoms. The molecule has 0 unspecified atom stereocenters. The van der Waals surface area contributed by atoms with E-state index in [4.69, 9.17) is 4.74 Å². The molecule has 2 aliphatic rings. The number of nitrogens with zero attached hydrogens (tertiary/aromatic N) is 3. The normalized spacial score (nSPS) is 24.2. The molecule has 0 bridgehead atoms. The van der Waals surface area contributed by atoms with Crippen LogP contribution >= 0.6 is 0 Å². The maximum Gasteiger partial charge on any atom is 0.332 e. The lowest BCUT2D eigenvalue weighted by Gasteiger charge is -2.32.